The summed E-state index contributed by atoms with van der Waals surface area (Å²) in [6.07, 6.45) is 1.89. The van der Waals surface area contributed by atoms with Gasteiger partial charge in [-0.3, -0.25) is 4.79 Å². The fraction of sp³-hybridized carbons (Fsp3) is 0.562. The zero-order valence-corrected chi connectivity index (χ0v) is 14.2. The molecule has 5 heteroatoms. The van der Waals surface area contributed by atoms with Gasteiger partial charge in [0.25, 0.3) is 5.91 Å². The molecule has 0 N–H and O–H groups in total. The van der Waals surface area contributed by atoms with Gasteiger partial charge >= 0.3 is 0 Å². The van der Waals surface area contributed by atoms with E-state index in [-0.39, 0.29) is 11.9 Å². The quantitative estimate of drug-likeness (QED) is 0.733. The molecular formula is C16H22BrNO3. The highest BCUT2D eigenvalue weighted by molar-refractivity contribution is 9.09. The smallest absolute Gasteiger partial charge is 0.258 e. The molecule has 21 heavy (non-hydrogen) atoms. The van der Waals surface area contributed by atoms with Crippen LogP contribution in [0.3, 0.4) is 0 Å². The summed E-state index contributed by atoms with van der Waals surface area (Å²) in [5, 5.41) is 0.765. The summed E-state index contributed by atoms with van der Waals surface area (Å²) in [5.74, 6) is 1.26. The van der Waals surface area contributed by atoms with Crippen LogP contribution in [-0.2, 0) is 0 Å². The predicted octanol–water partition coefficient (Wildman–Crippen LogP) is 3.48. The highest BCUT2D eigenvalue weighted by Crippen LogP contribution is 2.34. The van der Waals surface area contributed by atoms with Gasteiger partial charge in [0.1, 0.15) is 13.2 Å². The number of nitrogens with zero attached hydrogens (tertiary/aromatic N) is 1. The Bertz CT molecular complexity index is 488. The first-order chi connectivity index (χ1) is 10.2. The van der Waals surface area contributed by atoms with Gasteiger partial charge in [-0.25, -0.2) is 0 Å². The summed E-state index contributed by atoms with van der Waals surface area (Å²) in [4.78, 5) is 14.9. The molecule has 0 unspecified atom stereocenters. The van der Waals surface area contributed by atoms with Crippen molar-refractivity contribution < 1.29 is 14.3 Å². The zero-order chi connectivity index (χ0) is 15.2. The summed E-state index contributed by atoms with van der Waals surface area (Å²) in [7, 11) is 0. The van der Waals surface area contributed by atoms with Gasteiger partial charge in [0.05, 0.1) is 5.56 Å². The minimum absolute atomic E-state index is 0.0190. The second kappa shape index (κ2) is 7.69. The summed E-state index contributed by atoms with van der Waals surface area (Å²) < 4.78 is 11.2. The molecule has 1 aliphatic heterocycles. The number of para-hydroxylation sites is 1. The van der Waals surface area contributed by atoms with Gasteiger partial charge in [0.2, 0.25) is 0 Å². The number of alkyl halides is 1. The number of amides is 1. The van der Waals surface area contributed by atoms with Crippen molar-refractivity contribution in [1.29, 1.82) is 0 Å². The van der Waals surface area contributed by atoms with Crippen LogP contribution >= 0.6 is 15.9 Å². The maximum absolute atomic E-state index is 12.9. The molecule has 0 fully saturated rings. The van der Waals surface area contributed by atoms with Crippen LogP contribution in [0.4, 0.5) is 0 Å². The summed E-state index contributed by atoms with van der Waals surface area (Å²) >= 11 is 3.44. The average molecular weight is 356 g/mol. The molecule has 1 aromatic rings. The Hall–Kier alpha value is -1.23. The molecular weight excluding hydrogens is 334 g/mol. The van der Waals surface area contributed by atoms with Crippen molar-refractivity contribution in [3.05, 3.63) is 23.8 Å². The monoisotopic (exact) mass is 355 g/mol. The van der Waals surface area contributed by atoms with E-state index in [1.54, 1.807) is 0 Å². The molecule has 1 aromatic carbocycles. The molecule has 116 valence electrons. The second-order valence-electron chi connectivity index (χ2n) is 4.99. The van der Waals surface area contributed by atoms with E-state index in [0.717, 1.165) is 18.2 Å². The largest absolute Gasteiger partial charge is 0.486 e. The Balaban J connectivity index is 2.32. The van der Waals surface area contributed by atoms with Crippen LogP contribution < -0.4 is 9.47 Å². The summed E-state index contributed by atoms with van der Waals surface area (Å²) in [6, 6.07) is 5.76. The Kier molecular flexibility index (Phi) is 5.91. The van der Waals surface area contributed by atoms with E-state index in [0.29, 0.717) is 36.8 Å². The maximum atomic E-state index is 12.9. The third kappa shape index (κ3) is 3.51. The van der Waals surface area contributed by atoms with Crippen LogP contribution in [0.25, 0.3) is 0 Å². The fourth-order valence-electron chi connectivity index (χ4n) is 2.67. The van der Waals surface area contributed by atoms with Gasteiger partial charge in [-0.1, -0.05) is 35.8 Å². The Labute approximate surface area is 134 Å². The Morgan fingerprint density at radius 3 is 2.67 bits per heavy atom. The average Bonchev–Trinajstić information content (AvgIpc) is 2.54. The molecule has 1 heterocycles. The van der Waals surface area contributed by atoms with Crippen molar-refractivity contribution >= 4 is 21.8 Å². The van der Waals surface area contributed by atoms with Crippen LogP contribution in [0, 0.1) is 0 Å². The Morgan fingerprint density at radius 2 is 2.00 bits per heavy atom. The van der Waals surface area contributed by atoms with Gasteiger partial charge in [0, 0.05) is 17.9 Å². The predicted molar refractivity (Wildman–Crippen MR) is 86.6 cm³/mol. The molecule has 4 nitrogen and oxygen atoms in total. The molecule has 1 amide bonds. The number of halogens is 1. The Morgan fingerprint density at radius 1 is 1.29 bits per heavy atom. The van der Waals surface area contributed by atoms with Gasteiger partial charge in [-0.15, -0.1) is 0 Å². The van der Waals surface area contributed by atoms with Crippen molar-refractivity contribution in [2.24, 2.45) is 0 Å². The number of rotatable bonds is 6. The first-order valence-corrected chi connectivity index (χ1v) is 8.60. The summed E-state index contributed by atoms with van der Waals surface area (Å²) in [5.41, 5.74) is 0.597. The molecule has 0 radical (unpaired) electrons. The maximum Gasteiger partial charge on any atom is 0.258 e. The van der Waals surface area contributed by atoms with Crippen LogP contribution in [0.2, 0.25) is 0 Å². The second-order valence-corrected chi connectivity index (χ2v) is 5.78. The fourth-order valence-corrected chi connectivity index (χ4v) is 3.05. The van der Waals surface area contributed by atoms with E-state index in [9.17, 15) is 4.79 Å². The van der Waals surface area contributed by atoms with Gasteiger partial charge in [0.15, 0.2) is 11.5 Å². The van der Waals surface area contributed by atoms with Crippen molar-refractivity contribution in [2.75, 3.05) is 25.1 Å². The van der Waals surface area contributed by atoms with E-state index in [2.05, 4.69) is 29.8 Å². The molecule has 0 aromatic heterocycles. The van der Waals surface area contributed by atoms with Crippen LogP contribution in [0.1, 0.15) is 37.0 Å². The number of hydrogen-bond acceptors (Lipinski definition) is 3. The number of carbonyl (C=O) groups is 1. The van der Waals surface area contributed by atoms with Gasteiger partial charge in [-0.2, -0.15) is 0 Å². The molecule has 0 aliphatic carbocycles. The number of benzene rings is 1. The molecule has 2 rings (SSSR count). The van der Waals surface area contributed by atoms with Gasteiger partial charge < -0.3 is 14.4 Å². The molecule has 0 bridgehead atoms. The number of fused-ring (bicyclic) bond motifs is 1. The topological polar surface area (TPSA) is 38.8 Å². The molecule has 0 spiro atoms. The van der Waals surface area contributed by atoms with Gasteiger partial charge in [-0.05, 0) is 25.0 Å². The molecule has 0 saturated carbocycles. The van der Waals surface area contributed by atoms with E-state index < -0.39 is 0 Å². The number of ether oxygens (including phenoxy) is 2. The first kappa shape index (κ1) is 16.1. The highest BCUT2D eigenvalue weighted by atomic mass is 79.9. The van der Waals surface area contributed by atoms with E-state index in [1.807, 2.05) is 23.1 Å². The van der Waals surface area contributed by atoms with Crippen molar-refractivity contribution in [2.45, 2.75) is 32.7 Å². The van der Waals surface area contributed by atoms with E-state index in [1.165, 1.54) is 0 Å². The minimum Gasteiger partial charge on any atom is -0.486 e. The highest BCUT2D eigenvalue weighted by Gasteiger charge is 2.27. The third-order valence-electron chi connectivity index (χ3n) is 3.77. The van der Waals surface area contributed by atoms with Crippen molar-refractivity contribution in [1.82, 2.24) is 4.90 Å². The molecule has 0 atom stereocenters. The lowest BCUT2D eigenvalue weighted by Crippen LogP contribution is -2.41. The lowest BCUT2D eigenvalue weighted by atomic mass is 10.1. The first-order valence-electron chi connectivity index (χ1n) is 7.48. The lowest BCUT2D eigenvalue weighted by molar-refractivity contribution is 0.0673. The van der Waals surface area contributed by atoms with E-state index >= 15 is 0 Å². The van der Waals surface area contributed by atoms with Crippen LogP contribution in [0.5, 0.6) is 11.5 Å². The third-order valence-corrected chi connectivity index (χ3v) is 4.12. The number of hydrogen-bond donors (Lipinski definition) is 0. The number of carbonyl (C=O) groups excluding carboxylic acids is 1. The van der Waals surface area contributed by atoms with Crippen molar-refractivity contribution in [3.63, 3.8) is 0 Å². The van der Waals surface area contributed by atoms with Crippen molar-refractivity contribution in [3.8, 4) is 11.5 Å². The summed E-state index contributed by atoms with van der Waals surface area (Å²) in [6.45, 7) is 5.93. The normalized spacial score (nSPS) is 13.3. The van der Waals surface area contributed by atoms with Crippen LogP contribution in [-0.4, -0.2) is 41.9 Å². The standard InChI is InChI=1S/C16H22BrNO3/c1-3-12(4-2)18(9-8-17)16(19)13-6-5-7-14-15(13)21-11-10-20-14/h5-7,12H,3-4,8-11H2,1-2H3. The SMILES string of the molecule is CCC(CC)N(CCBr)C(=O)c1cccc2c1OCCO2. The lowest BCUT2D eigenvalue weighted by Gasteiger charge is -2.31. The molecule has 0 saturated heterocycles. The molecule has 1 aliphatic rings. The van der Waals surface area contributed by atoms with Crippen LogP contribution in [0.15, 0.2) is 18.2 Å². The minimum atomic E-state index is 0.0190. The zero-order valence-electron chi connectivity index (χ0n) is 12.6. The van der Waals surface area contributed by atoms with E-state index in [4.69, 9.17) is 9.47 Å².